The molecule has 0 aliphatic carbocycles. The number of hydrogen-bond acceptors (Lipinski definition) is 3. The molecule has 0 fully saturated rings. The number of aromatic nitrogens is 1. The van der Waals surface area contributed by atoms with Crippen molar-refractivity contribution < 1.29 is 0 Å². The number of rotatable bonds is 2. The molecule has 0 aliphatic heterocycles. The van der Waals surface area contributed by atoms with Crippen molar-refractivity contribution in [1.82, 2.24) is 4.98 Å². The molecule has 0 saturated heterocycles. The molecule has 1 aromatic heterocycles. The Bertz CT molecular complexity index is 494. The minimum atomic E-state index is 0.401. The number of nitrogens with two attached hydrogens (primary N) is 1. The highest BCUT2D eigenvalue weighted by Crippen LogP contribution is 2.33. The van der Waals surface area contributed by atoms with Crippen LogP contribution in [0.3, 0.4) is 0 Å². The summed E-state index contributed by atoms with van der Waals surface area (Å²) in [6.45, 7) is 0. The van der Waals surface area contributed by atoms with Gasteiger partial charge >= 0.3 is 0 Å². The molecule has 0 bridgehead atoms. The van der Waals surface area contributed by atoms with Crippen LogP contribution in [-0.2, 0) is 0 Å². The summed E-state index contributed by atoms with van der Waals surface area (Å²) < 4.78 is 0. The zero-order valence-electron chi connectivity index (χ0n) is 8.24. The molecule has 0 saturated carbocycles. The van der Waals surface area contributed by atoms with Crippen molar-refractivity contribution in [2.45, 2.75) is 0 Å². The number of anilines is 3. The number of hydrogen-bond donors (Lipinski definition) is 2. The minimum absolute atomic E-state index is 0.401. The lowest BCUT2D eigenvalue weighted by atomic mass is 10.3. The molecule has 1 aromatic carbocycles. The largest absolute Gasteiger partial charge is 0.382 e. The summed E-state index contributed by atoms with van der Waals surface area (Å²) in [7, 11) is 0. The average Bonchev–Trinajstić information content (AvgIpc) is 2.26. The number of nitrogens with zero attached hydrogens (tertiary/aromatic N) is 1. The van der Waals surface area contributed by atoms with Gasteiger partial charge in [-0.15, -0.1) is 0 Å². The lowest BCUT2D eigenvalue weighted by molar-refractivity contribution is 1.33. The van der Waals surface area contributed by atoms with Gasteiger partial charge < -0.3 is 11.1 Å². The molecule has 82 valence electrons. The van der Waals surface area contributed by atoms with Crippen molar-refractivity contribution in [1.29, 1.82) is 0 Å². The van der Waals surface area contributed by atoms with Gasteiger partial charge in [0.15, 0.2) is 0 Å². The maximum Gasteiger partial charge on any atom is 0.147 e. The van der Waals surface area contributed by atoms with Crippen LogP contribution in [-0.4, -0.2) is 4.98 Å². The molecule has 0 unspecified atom stereocenters. The summed E-state index contributed by atoms with van der Waals surface area (Å²) in [5.41, 5.74) is 7.02. The zero-order valence-corrected chi connectivity index (χ0v) is 9.76. The van der Waals surface area contributed by atoms with Crippen molar-refractivity contribution in [2.75, 3.05) is 11.1 Å². The Morgan fingerprint density at radius 3 is 2.38 bits per heavy atom. The highest BCUT2D eigenvalue weighted by atomic mass is 35.5. The highest BCUT2D eigenvalue weighted by molar-refractivity contribution is 6.39. The third-order valence-corrected chi connectivity index (χ3v) is 2.69. The molecule has 16 heavy (non-hydrogen) atoms. The normalized spacial score (nSPS) is 10.1. The Hall–Kier alpha value is -1.45. The van der Waals surface area contributed by atoms with Crippen LogP contribution in [0.2, 0.25) is 10.0 Å². The summed E-state index contributed by atoms with van der Waals surface area (Å²) in [5.74, 6) is 0.401. The van der Waals surface area contributed by atoms with Crippen molar-refractivity contribution in [3.8, 4) is 0 Å². The van der Waals surface area contributed by atoms with E-state index in [0.717, 1.165) is 0 Å². The molecule has 0 atom stereocenters. The van der Waals surface area contributed by atoms with Gasteiger partial charge in [0.05, 0.1) is 21.4 Å². The molecule has 3 N–H and O–H groups in total. The lowest BCUT2D eigenvalue weighted by Crippen LogP contribution is -1.98. The number of para-hydroxylation sites is 1. The van der Waals surface area contributed by atoms with E-state index in [0.29, 0.717) is 27.2 Å². The first-order valence-corrected chi connectivity index (χ1v) is 5.35. The monoisotopic (exact) mass is 253 g/mol. The summed E-state index contributed by atoms with van der Waals surface area (Å²) in [5, 5.41) is 4.13. The summed E-state index contributed by atoms with van der Waals surface area (Å²) in [6.07, 6.45) is 1.62. The number of halogens is 2. The van der Waals surface area contributed by atoms with Crippen molar-refractivity contribution in [3.05, 3.63) is 46.6 Å². The second kappa shape index (κ2) is 4.60. The topological polar surface area (TPSA) is 50.9 Å². The fraction of sp³-hybridized carbons (Fsp3) is 0. The molecular weight excluding hydrogens is 245 g/mol. The first kappa shape index (κ1) is 11.0. The van der Waals surface area contributed by atoms with Gasteiger partial charge in [-0.3, -0.25) is 0 Å². The summed E-state index contributed by atoms with van der Waals surface area (Å²) in [6, 6.07) is 8.87. The van der Waals surface area contributed by atoms with E-state index in [1.165, 1.54) is 0 Å². The Balaban J connectivity index is 2.38. The molecular formula is C11H9Cl2N3. The van der Waals surface area contributed by atoms with Crippen LogP contribution in [0, 0.1) is 0 Å². The molecule has 2 aromatic rings. The number of pyridine rings is 1. The second-order valence-corrected chi connectivity index (χ2v) is 3.97. The molecule has 1 heterocycles. The van der Waals surface area contributed by atoms with Gasteiger partial charge in [-0.1, -0.05) is 29.3 Å². The quantitative estimate of drug-likeness (QED) is 0.858. The van der Waals surface area contributed by atoms with Crippen LogP contribution in [0.25, 0.3) is 0 Å². The van der Waals surface area contributed by atoms with Crippen LogP contribution < -0.4 is 11.1 Å². The number of benzene rings is 1. The Morgan fingerprint density at radius 1 is 1.06 bits per heavy atom. The fourth-order valence-corrected chi connectivity index (χ4v) is 1.77. The van der Waals surface area contributed by atoms with Crippen LogP contribution >= 0.6 is 23.2 Å². The van der Waals surface area contributed by atoms with Gasteiger partial charge in [0.2, 0.25) is 0 Å². The van der Waals surface area contributed by atoms with Crippen LogP contribution in [0.4, 0.5) is 17.2 Å². The number of nitrogen functional groups attached to an aromatic ring is 1. The van der Waals surface area contributed by atoms with Gasteiger partial charge in [-0.05, 0) is 24.3 Å². The predicted molar refractivity (Wildman–Crippen MR) is 68.4 cm³/mol. The third kappa shape index (κ3) is 2.21. The molecule has 0 aliphatic rings. The molecule has 0 spiro atoms. The standard InChI is InChI=1S/C11H9Cl2N3/c12-7-3-1-4-8(13)10(7)16-9-5-2-6-15-11(9)14/h1-6,16H,(H2,14,15). The van der Waals surface area contributed by atoms with E-state index in [2.05, 4.69) is 10.3 Å². The van der Waals surface area contributed by atoms with Gasteiger partial charge in [0.25, 0.3) is 0 Å². The first-order valence-electron chi connectivity index (χ1n) is 4.60. The van der Waals surface area contributed by atoms with E-state index in [4.69, 9.17) is 28.9 Å². The van der Waals surface area contributed by atoms with E-state index in [1.54, 1.807) is 30.5 Å². The Morgan fingerprint density at radius 2 is 1.75 bits per heavy atom. The van der Waals surface area contributed by atoms with Crippen LogP contribution in [0.5, 0.6) is 0 Å². The minimum Gasteiger partial charge on any atom is -0.382 e. The van der Waals surface area contributed by atoms with E-state index < -0.39 is 0 Å². The molecule has 3 nitrogen and oxygen atoms in total. The van der Waals surface area contributed by atoms with Gasteiger partial charge in [-0.25, -0.2) is 4.98 Å². The van der Waals surface area contributed by atoms with Gasteiger partial charge in [0.1, 0.15) is 5.82 Å². The van der Waals surface area contributed by atoms with Gasteiger partial charge in [0, 0.05) is 6.20 Å². The highest BCUT2D eigenvalue weighted by Gasteiger charge is 2.07. The molecule has 5 heteroatoms. The zero-order chi connectivity index (χ0) is 11.5. The molecule has 0 amide bonds. The molecule has 2 rings (SSSR count). The van der Waals surface area contributed by atoms with E-state index >= 15 is 0 Å². The Kier molecular flexibility index (Phi) is 3.17. The molecule has 0 radical (unpaired) electrons. The maximum absolute atomic E-state index is 6.02. The lowest BCUT2D eigenvalue weighted by Gasteiger charge is -2.11. The third-order valence-electron chi connectivity index (χ3n) is 2.06. The Labute approximate surface area is 103 Å². The van der Waals surface area contributed by atoms with Crippen molar-refractivity contribution in [3.63, 3.8) is 0 Å². The second-order valence-electron chi connectivity index (χ2n) is 3.16. The first-order chi connectivity index (χ1) is 7.68. The fourth-order valence-electron chi connectivity index (χ4n) is 1.28. The van der Waals surface area contributed by atoms with Gasteiger partial charge in [-0.2, -0.15) is 0 Å². The maximum atomic E-state index is 6.02. The van der Waals surface area contributed by atoms with Crippen LogP contribution in [0.15, 0.2) is 36.5 Å². The van der Waals surface area contributed by atoms with E-state index in [-0.39, 0.29) is 0 Å². The van der Waals surface area contributed by atoms with Crippen molar-refractivity contribution in [2.24, 2.45) is 0 Å². The average molecular weight is 254 g/mol. The number of nitrogens with one attached hydrogen (secondary N) is 1. The SMILES string of the molecule is Nc1ncccc1Nc1c(Cl)cccc1Cl. The van der Waals surface area contributed by atoms with Crippen molar-refractivity contribution >= 4 is 40.4 Å². The van der Waals surface area contributed by atoms with Crippen LogP contribution in [0.1, 0.15) is 0 Å². The summed E-state index contributed by atoms with van der Waals surface area (Å²) >= 11 is 12.0. The predicted octanol–water partition coefficient (Wildman–Crippen LogP) is 3.71. The van der Waals surface area contributed by atoms with E-state index in [9.17, 15) is 0 Å². The summed E-state index contributed by atoms with van der Waals surface area (Å²) in [4.78, 5) is 3.96. The van der Waals surface area contributed by atoms with E-state index in [1.807, 2.05) is 6.07 Å². The smallest absolute Gasteiger partial charge is 0.147 e.